The minimum atomic E-state index is -2.13. The molecule has 0 radical (unpaired) electrons. The molecule has 270 valence electrons. The van der Waals surface area contributed by atoms with E-state index in [4.69, 9.17) is 13.9 Å². The second-order valence-electron chi connectivity index (χ2n) is 15.4. The molecule has 3 amide bonds. The molecule has 3 atom stereocenters. The largest absolute Gasteiger partial charge is 0.543 e. The number of esters is 1. The molecular formula is C36H60N4O7Si. The lowest BCUT2D eigenvalue weighted by molar-refractivity contribution is -0.153. The Morgan fingerprint density at radius 1 is 1.08 bits per heavy atom. The van der Waals surface area contributed by atoms with E-state index in [0.29, 0.717) is 31.7 Å². The van der Waals surface area contributed by atoms with Crippen LogP contribution in [-0.2, 0) is 30.3 Å². The van der Waals surface area contributed by atoms with Crippen LogP contribution in [0.1, 0.15) is 93.1 Å². The molecule has 48 heavy (non-hydrogen) atoms. The van der Waals surface area contributed by atoms with Crippen molar-refractivity contribution in [3.8, 4) is 5.75 Å². The summed E-state index contributed by atoms with van der Waals surface area (Å²) in [6.07, 6.45) is 4.83. The second kappa shape index (κ2) is 17.9. The second-order valence-corrected chi connectivity index (χ2v) is 20.1. The predicted octanol–water partition coefficient (Wildman–Crippen LogP) is 6.04. The summed E-state index contributed by atoms with van der Waals surface area (Å²) in [6, 6.07) is 4.92. The Balaban J connectivity index is 2.32. The van der Waals surface area contributed by atoms with Crippen molar-refractivity contribution in [2.75, 3.05) is 13.2 Å². The maximum Gasteiger partial charge on any atom is 0.408 e. The van der Waals surface area contributed by atoms with Crippen molar-refractivity contribution in [3.63, 3.8) is 0 Å². The summed E-state index contributed by atoms with van der Waals surface area (Å²) in [5, 5.41) is 6.97. The Kier molecular flexibility index (Phi) is 15.2. The molecule has 0 aliphatic carbocycles. The third-order valence-electron chi connectivity index (χ3n) is 8.54. The number of nitrogens with one attached hydrogen (secondary N) is 3. The van der Waals surface area contributed by atoms with Gasteiger partial charge in [0.2, 0.25) is 14.2 Å². The molecule has 0 spiro atoms. The number of carbonyl (C=O) groups is 4. The van der Waals surface area contributed by atoms with Crippen molar-refractivity contribution in [1.82, 2.24) is 21.1 Å². The molecule has 1 fully saturated rings. The van der Waals surface area contributed by atoms with Gasteiger partial charge in [-0.1, -0.05) is 52.8 Å². The van der Waals surface area contributed by atoms with Crippen LogP contribution in [0, 0.1) is 5.92 Å². The summed E-state index contributed by atoms with van der Waals surface area (Å²) in [7, 11) is -2.13. The number of hydrazine groups is 1. The minimum absolute atomic E-state index is 0.00824. The molecule has 1 aliphatic heterocycles. The normalized spacial score (nSPS) is 16.8. The summed E-state index contributed by atoms with van der Waals surface area (Å²) >= 11 is 0. The molecule has 1 aromatic carbocycles. The highest BCUT2D eigenvalue weighted by atomic mass is 28.4. The van der Waals surface area contributed by atoms with E-state index < -0.39 is 55.9 Å². The summed E-state index contributed by atoms with van der Waals surface area (Å²) < 4.78 is 17.4. The fourth-order valence-corrected chi connectivity index (χ4v) is 5.84. The standard InChI is InChI=1S/C36H60N4O7Si/c1-12-13-14-15-22-45-33(43)28-20-17-21-40(39-28)32(42)29(37-31(41)30(25(2)3)38-34(44)46-35(4,5)6)24-26-18-16-19-27(23-26)47-48(10,11)36(7,8)9/h12,16,18-19,23,25,28-30,39H,1,13-15,17,20-22,24H2,2-11H3,(H,37,41)(H,38,44). The molecule has 12 heteroatoms. The maximum atomic E-state index is 14.1. The zero-order chi connectivity index (χ0) is 36.3. The van der Waals surface area contributed by atoms with Crippen molar-refractivity contribution in [2.24, 2.45) is 5.92 Å². The first-order valence-corrected chi connectivity index (χ1v) is 20.1. The topological polar surface area (TPSA) is 135 Å². The highest BCUT2D eigenvalue weighted by Gasteiger charge is 2.39. The van der Waals surface area contributed by atoms with Gasteiger partial charge in [0.1, 0.15) is 29.5 Å². The van der Waals surface area contributed by atoms with Gasteiger partial charge in [0, 0.05) is 13.0 Å². The van der Waals surface area contributed by atoms with E-state index in [1.165, 1.54) is 5.01 Å². The summed E-state index contributed by atoms with van der Waals surface area (Å²) in [5.74, 6) is -0.926. The van der Waals surface area contributed by atoms with E-state index in [1.54, 1.807) is 34.6 Å². The van der Waals surface area contributed by atoms with Crippen molar-refractivity contribution < 1.29 is 33.1 Å². The lowest BCUT2D eigenvalue weighted by atomic mass is 10.0. The van der Waals surface area contributed by atoms with Crippen molar-refractivity contribution in [3.05, 3.63) is 42.5 Å². The van der Waals surface area contributed by atoms with Gasteiger partial charge in [0.15, 0.2) is 0 Å². The lowest BCUT2D eigenvalue weighted by Gasteiger charge is -2.36. The van der Waals surface area contributed by atoms with Gasteiger partial charge in [0.25, 0.3) is 5.91 Å². The van der Waals surface area contributed by atoms with E-state index in [1.807, 2.05) is 30.3 Å². The maximum absolute atomic E-state index is 14.1. The van der Waals surface area contributed by atoms with E-state index in [0.717, 1.165) is 24.8 Å². The summed E-state index contributed by atoms with van der Waals surface area (Å²) in [4.78, 5) is 53.3. The van der Waals surface area contributed by atoms with Crippen LogP contribution in [0.3, 0.4) is 0 Å². The Morgan fingerprint density at radius 2 is 1.77 bits per heavy atom. The van der Waals surface area contributed by atoms with Crippen LogP contribution in [0.15, 0.2) is 36.9 Å². The molecule has 0 saturated carbocycles. The first-order chi connectivity index (χ1) is 22.2. The van der Waals surface area contributed by atoms with E-state index >= 15 is 0 Å². The number of allylic oxidation sites excluding steroid dienone is 1. The summed E-state index contributed by atoms with van der Waals surface area (Å²) in [6.45, 7) is 24.0. The molecule has 1 saturated heterocycles. The zero-order valence-electron chi connectivity index (χ0n) is 30.9. The third-order valence-corrected chi connectivity index (χ3v) is 12.9. The molecule has 1 aliphatic rings. The van der Waals surface area contributed by atoms with E-state index in [-0.39, 0.29) is 17.4 Å². The molecule has 3 N–H and O–H groups in total. The van der Waals surface area contributed by atoms with Crippen molar-refractivity contribution in [1.29, 1.82) is 0 Å². The summed E-state index contributed by atoms with van der Waals surface area (Å²) in [5.41, 5.74) is 3.09. The quantitative estimate of drug-likeness (QED) is 0.0879. The van der Waals surface area contributed by atoms with Gasteiger partial charge in [-0.05, 0) is 94.6 Å². The SMILES string of the molecule is C=CCCCCOC(=O)C1CCCN(C(=O)C(Cc2cccc(O[Si](C)(C)C(C)(C)C)c2)NC(=O)C(NC(=O)OC(C)(C)C)C(C)C)N1. The van der Waals surface area contributed by atoms with E-state index in [9.17, 15) is 19.2 Å². The molecule has 0 bridgehead atoms. The number of hydrogen-bond acceptors (Lipinski definition) is 8. The van der Waals surface area contributed by atoms with Crippen LogP contribution in [0.5, 0.6) is 5.75 Å². The highest BCUT2D eigenvalue weighted by molar-refractivity contribution is 6.74. The number of rotatable bonds is 15. The molecule has 3 unspecified atom stereocenters. The fourth-order valence-electron chi connectivity index (χ4n) is 4.82. The molecule has 1 aromatic rings. The van der Waals surface area contributed by atoms with Gasteiger partial charge < -0.3 is 24.5 Å². The van der Waals surface area contributed by atoms with Crippen LogP contribution >= 0.6 is 0 Å². The number of benzene rings is 1. The molecule has 0 aromatic heterocycles. The Morgan fingerprint density at radius 3 is 2.38 bits per heavy atom. The van der Waals surface area contributed by atoms with Crippen LogP contribution in [0.25, 0.3) is 0 Å². The fraction of sp³-hybridized carbons (Fsp3) is 0.667. The van der Waals surface area contributed by atoms with Crippen LogP contribution in [-0.4, -0.2) is 74.1 Å². The smallest absolute Gasteiger partial charge is 0.408 e. The van der Waals surface area contributed by atoms with Crippen LogP contribution in [0.4, 0.5) is 4.79 Å². The number of unbranched alkanes of at least 4 members (excludes halogenated alkanes) is 2. The third kappa shape index (κ3) is 13.3. The van der Waals surface area contributed by atoms with Gasteiger partial charge in [-0.25, -0.2) is 10.2 Å². The molecular weight excluding hydrogens is 629 g/mol. The predicted molar refractivity (Wildman–Crippen MR) is 191 cm³/mol. The first-order valence-electron chi connectivity index (χ1n) is 17.2. The Labute approximate surface area is 289 Å². The molecule has 2 rings (SSSR count). The van der Waals surface area contributed by atoms with Gasteiger partial charge in [-0.15, -0.1) is 6.58 Å². The van der Waals surface area contributed by atoms with Gasteiger partial charge >= 0.3 is 12.1 Å². The molecule has 11 nitrogen and oxygen atoms in total. The zero-order valence-corrected chi connectivity index (χ0v) is 31.9. The number of carbonyl (C=O) groups excluding carboxylic acids is 4. The van der Waals surface area contributed by atoms with Crippen molar-refractivity contribution >= 4 is 32.2 Å². The van der Waals surface area contributed by atoms with Gasteiger partial charge in [-0.2, -0.15) is 0 Å². The van der Waals surface area contributed by atoms with Gasteiger partial charge in [-0.3, -0.25) is 19.4 Å². The van der Waals surface area contributed by atoms with E-state index in [2.05, 4.69) is 56.5 Å². The lowest BCUT2D eigenvalue weighted by Crippen LogP contribution is -2.62. The van der Waals surface area contributed by atoms with Gasteiger partial charge in [0.05, 0.1) is 6.61 Å². The van der Waals surface area contributed by atoms with Crippen LogP contribution in [0.2, 0.25) is 18.1 Å². The van der Waals surface area contributed by atoms with Crippen molar-refractivity contribution in [2.45, 2.75) is 136 Å². The number of amides is 3. The number of nitrogens with zero attached hydrogens (tertiary/aromatic N) is 1. The average Bonchev–Trinajstić information content (AvgIpc) is 2.97. The monoisotopic (exact) mass is 688 g/mol. The first kappa shape index (κ1) is 40.8. The number of alkyl carbamates (subject to hydrolysis) is 1. The minimum Gasteiger partial charge on any atom is -0.543 e. The number of hydrogen-bond donors (Lipinski definition) is 3. The molecule has 1 heterocycles. The highest BCUT2D eigenvalue weighted by Crippen LogP contribution is 2.37. The number of ether oxygens (including phenoxy) is 2. The average molecular weight is 689 g/mol. The Bertz CT molecular complexity index is 1260. The Hall–Kier alpha value is -3.38. The van der Waals surface area contributed by atoms with Crippen LogP contribution < -0.4 is 20.5 Å².